The Kier molecular flexibility index (Phi) is 5.19. The molecule has 0 saturated carbocycles. The van der Waals surface area contributed by atoms with Gasteiger partial charge in [0.15, 0.2) is 0 Å². The summed E-state index contributed by atoms with van der Waals surface area (Å²) in [5.41, 5.74) is 3.59. The molecular formula is C21H27FN2O3. The summed E-state index contributed by atoms with van der Waals surface area (Å²) in [7, 11) is 0. The molecule has 27 heavy (non-hydrogen) atoms. The maximum Gasteiger partial charge on any atom is 0.201 e. The van der Waals surface area contributed by atoms with Gasteiger partial charge in [0.05, 0.1) is 43.2 Å². The van der Waals surface area contributed by atoms with Crippen LogP contribution in [0.1, 0.15) is 37.4 Å². The zero-order valence-electron chi connectivity index (χ0n) is 15.9. The van der Waals surface area contributed by atoms with Gasteiger partial charge in [0.25, 0.3) is 0 Å². The van der Waals surface area contributed by atoms with Gasteiger partial charge in [-0.25, -0.2) is 4.39 Å². The standard InChI is InChI=1S/C21H27FN2O3/c1-13(2)24-19-4-3-14(9-15-5-7-26-11-17(15)22)10-16(19)20(21(24)25)18-12-27-8-6-23-18/h3-4,10,13,15,17,25H,5-9,11-12H2,1-2H3. The molecule has 1 aromatic carbocycles. The molecule has 1 saturated heterocycles. The Balaban J connectivity index is 1.78. The van der Waals surface area contributed by atoms with Gasteiger partial charge in [0.2, 0.25) is 5.88 Å². The number of benzene rings is 1. The van der Waals surface area contributed by atoms with Crippen LogP contribution in [0.15, 0.2) is 23.2 Å². The van der Waals surface area contributed by atoms with Crippen LogP contribution in [-0.2, 0) is 15.9 Å². The maximum absolute atomic E-state index is 14.2. The van der Waals surface area contributed by atoms with Crippen LogP contribution < -0.4 is 0 Å². The highest BCUT2D eigenvalue weighted by atomic mass is 19.1. The fourth-order valence-electron chi connectivity index (χ4n) is 4.17. The van der Waals surface area contributed by atoms with Crippen molar-refractivity contribution in [1.82, 2.24) is 4.57 Å². The molecule has 4 rings (SSSR count). The zero-order valence-corrected chi connectivity index (χ0v) is 15.9. The first-order valence-electron chi connectivity index (χ1n) is 9.75. The number of hydrogen-bond acceptors (Lipinski definition) is 4. The number of halogens is 1. The molecule has 0 aliphatic carbocycles. The first-order valence-corrected chi connectivity index (χ1v) is 9.75. The third-order valence-electron chi connectivity index (χ3n) is 5.54. The summed E-state index contributed by atoms with van der Waals surface area (Å²) in [4.78, 5) is 4.58. The molecule has 1 fully saturated rings. The molecule has 2 atom stereocenters. The van der Waals surface area contributed by atoms with E-state index in [2.05, 4.69) is 11.1 Å². The monoisotopic (exact) mass is 374 g/mol. The largest absolute Gasteiger partial charge is 0.494 e. The summed E-state index contributed by atoms with van der Waals surface area (Å²) in [6, 6.07) is 6.28. The molecule has 3 heterocycles. The van der Waals surface area contributed by atoms with Crippen molar-refractivity contribution >= 4 is 16.6 Å². The van der Waals surface area contributed by atoms with Crippen molar-refractivity contribution in [2.45, 2.75) is 38.9 Å². The van der Waals surface area contributed by atoms with Gasteiger partial charge in [-0.05, 0) is 50.3 Å². The molecule has 2 aliphatic rings. The van der Waals surface area contributed by atoms with E-state index in [4.69, 9.17) is 9.47 Å². The van der Waals surface area contributed by atoms with Gasteiger partial charge in [-0.2, -0.15) is 0 Å². The SMILES string of the molecule is CC(C)n1c(O)c(C2=NCCOC2)c2cc(CC3CCOCC3F)ccc21. The highest BCUT2D eigenvalue weighted by Crippen LogP contribution is 2.36. The third-order valence-corrected chi connectivity index (χ3v) is 5.54. The lowest BCUT2D eigenvalue weighted by atomic mass is 9.90. The van der Waals surface area contributed by atoms with Gasteiger partial charge < -0.3 is 19.1 Å². The Labute approximate surface area is 158 Å². The first-order chi connectivity index (χ1) is 13.1. The van der Waals surface area contributed by atoms with Gasteiger partial charge in [0, 0.05) is 18.0 Å². The van der Waals surface area contributed by atoms with Crippen LogP contribution in [0.3, 0.4) is 0 Å². The summed E-state index contributed by atoms with van der Waals surface area (Å²) in [5.74, 6) is 0.214. The third kappa shape index (κ3) is 3.48. The number of aliphatic imine (C=N–C) groups is 1. The number of nitrogens with zero attached hydrogens (tertiary/aromatic N) is 2. The average molecular weight is 374 g/mol. The minimum Gasteiger partial charge on any atom is -0.494 e. The van der Waals surface area contributed by atoms with Gasteiger partial charge in [0.1, 0.15) is 6.17 Å². The number of alkyl halides is 1. The van der Waals surface area contributed by atoms with Crippen molar-refractivity contribution in [2.24, 2.45) is 10.9 Å². The van der Waals surface area contributed by atoms with E-state index in [0.717, 1.165) is 34.2 Å². The molecule has 0 bridgehead atoms. The second-order valence-corrected chi connectivity index (χ2v) is 7.74. The Hall–Kier alpha value is -1.92. The zero-order chi connectivity index (χ0) is 19.0. The number of aromatic nitrogens is 1. The van der Waals surface area contributed by atoms with E-state index in [1.165, 1.54) is 0 Å². The highest BCUT2D eigenvalue weighted by molar-refractivity contribution is 6.14. The van der Waals surface area contributed by atoms with Gasteiger partial charge in [-0.3, -0.25) is 4.99 Å². The molecule has 146 valence electrons. The van der Waals surface area contributed by atoms with E-state index < -0.39 is 6.17 Å². The predicted octanol–water partition coefficient (Wildman–Crippen LogP) is 3.66. The molecule has 1 N–H and O–H groups in total. The van der Waals surface area contributed by atoms with Crippen molar-refractivity contribution in [3.05, 3.63) is 29.3 Å². The molecule has 5 nitrogen and oxygen atoms in total. The molecule has 0 radical (unpaired) electrons. The molecule has 1 aromatic heterocycles. The van der Waals surface area contributed by atoms with Crippen LogP contribution in [0.5, 0.6) is 5.88 Å². The molecule has 2 aromatic rings. The number of hydrogen-bond donors (Lipinski definition) is 1. The van der Waals surface area contributed by atoms with E-state index in [1.54, 1.807) is 0 Å². The summed E-state index contributed by atoms with van der Waals surface area (Å²) in [6.07, 6.45) is 0.500. The number of aromatic hydroxyl groups is 1. The minimum absolute atomic E-state index is 0.0178. The quantitative estimate of drug-likeness (QED) is 0.888. The fraction of sp³-hybridized carbons (Fsp3) is 0.571. The second kappa shape index (κ2) is 7.60. The van der Waals surface area contributed by atoms with Crippen LogP contribution in [0.25, 0.3) is 10.9 Å². The highest BCUT2D eigenvalue weighted by Gasteiger charge is 2.27. The van der Waals surface area contributed by atoms with Crippen LogP contribution in [0.4, 0.5) is 4.39 Å². The van der Waals surface area contributed by atoms with Crippen LogP contribution in [-0.4, -0.2) is 54.5 Å². The van der Waals surface area contributed by atoms with E-state index in [9.17, 15) is 9.50 Å². The second-order valence-electron chi connectivity index (χ2n) is 7.74. The minimum atomic E-state index is -0.918. The summed E-state index contributed by atoms with van der Waals surface area (Å²) < 4.78 is 26.9. The van der Waals surface area contributed by atoms with Gasteiger partial charge >= 0.3 is 0 Å². The van der Waals surface area contributed by atoms with Crippen molar-refractivity contribution in [1.29, 1.82) is 0 Å². The summed E-state index contributed by atoms with van der Waals surface area (Å²) in [5, 5.41) is 11.9. The number of fused-ring (bicyclic) bond motifs is 1. The number of ether oxygens (including phenoxy) is 2. The van der Waals surface area contributed by atoms with E-state index in [-0.39, 0.29) is 24.4 Å². The van der Waals surface area contributed by atoms with E-state index in [0.29, 0.717) is 32.8 Å². The lowest BCUT2D eigenvalue weighted by Crippen LogP contribution is -2.30. The maximum atomic E-state index is 14.2. The molecule has 0 amide bonds. The topological polar surface area (TPSA) is 56.0 Å². The Morgan fingerprint density at radius 3 is 2.85 bits per heavy atom. The lowest BCUT2D eigenvalue weighted by Gasteiger charge is -2.26. The Bertz CT molecular complexity index is 859. The first kappa shape index (κ1) is 18.4. The van der Waals surface area contributed by atoms with E-state index >= 15 is 0 Å². The molecular weight excluding hydrogens is 347 g/mol. The van der Waals surface area contributed by atoms with Crippen LogP contribution in [0, 0.1) is 5.92 Å². The smallest absolute Gasteiger partial charge is 0.201 e. The van der Waals surface area contributed by atoms with Crippen LogP contribution in [0.2, 0.25) is 0 Å². The van der Waals surface area contributed by atoms with Crippen molar-refractivity contribution in [3.63, 3.8) is 0 Å². The van der Waals surface area contributed by atoms with Crippen LogP contribution >= 0.6 is 0 Å². The van der Waals surface area contributed by atoms with Gasteiger partial charge in [-0.1, -0.05) is 6.07 Å². The molecule has 2 aliphatic heterocycles. The molecule has 0 spiro atoms. The summed E-state index contributed by atoms with van der Waals surface area (Å²) >= 11 is 0. The Morgan fingerprint density at radius 1 is 1.30 bits per heavy atom. The van der Waals surface area contributed by atoms with Crippen molar-refractivity contribution in [3.8, 4) is 5.88 Å². The van der Waals surface area contributed by atoms with Gasteiger partial charge in [-0.15, -0.1) is 0 Å². The fourth-order valence-corrected chi connectivity index (χ4v) is 4.17. The number of rotatable bonds is 4. The molecule has 6 heteroatoms. The van der Waals surface area contributed by atoms with E-state index in [1.807, 2.05) is 30.5 Å². The lowest BCUT2D eigenvalue weighted by molar-refractivity contribution is -0.00117. The predicted molar refractivity (Wildman–Crippen MR) is 104 cm³/mol. The van der Waals surface area contributed by atoms with Crippen molar-refractivity contribution in [2.75, 3.05) is 33.0 Å². The molecule has 2 unspecified atom stereocenters. The summed E-state index contributed by atoms with van der Waals surface area (Å²) in [6.45, 7) is 6.53. The van der Waals surface area contributed by atoms with Crippen molar-refractivity contribution < 1.29 is 19.0 Å². The average Bonchev–Trinajstić information content (AvgIpc) is 2.95. The normalized spacial score (nSPS) is 23.8. The Morgan fingerprint density at radius 2 is 2.15 bits per heavy atom.